The van der Waals surface area contributed by atoms with Crippen LogP contribution in [0.3, 0.4) is 0 Å². The van der Waals surface area contributed by atoms with Crippen LogP contribution in [-0.2, 0) is 4.79 Å². The van der Waals surface area contributed by atoms with Crippen molar-refractivity contribution >= 4 is 5.91 Å². The van der Waals surface area contributed by atoms with E-state index in [1.165, 1.54) is 12.8 Å². The van der Waals surface area contributed by atoms with Gasteiger partial charge in [0.15, 0.2) is 0 Å². The zero-order chi connectivity index (χ0) is 12.3. The molecule has 1 aliphatic carbocycles. The van der Waals surface area contributed by atoms with Crippen molar-refractivity contribution in [2.75, 3.05) is 0 Å². The number of hydrogen-bond acceptors (Lipinski definition) is 2. The van der Waals surface area contributed by atoms with E-state index in [0.29, 0.717) is 12.0 Å². The van der Waals surface area contributed by atoms with Gasteiger partial charge in [0.1, 0.15) is 6.04 Å². The lowest BCUT2D eigenvalue weighted by Crippen LogP contribution is -2.41. The van der Waals surface area contributed by atoms with Gasteiger partial charge in [-0.3, -0.25) is 4.79 Å². The average molecular weight is 232 g/mol. The Labute approximate surface area is 102 Å². The van der Waals surface area contributed by atoms with E-state index in [1.807, 2.05) is 30.3 Å². The normalized spacial score (nSPS) is 25.5. The largest absolute Gasteiger partial charge is 0.351 e. The van der Waals surface area contributed by atoms with Gasteiger partial charge in [-0.15, -0.1) is 0 Å². The summed E-state index contributed by atoms with van der Waals surface area (Å²) in [5.74, 6) is 0.511. The molecule has 1 aromatic carbocycles. The van der Waals surface area contributed by atoms with Crippen LogP contribution < -0.4 is 11.1 Å². The maximum atomic E-state index is 12.0. The molecule has 17 heavy (non-hydrogen) atoms. The van der Waals surface area contributed by atoms with Crippen LogP contribution in [0.1, 0.15) is 37.8 Å². The first kappa shape index (κ1) is 12.1. The minimum atomic E-state index is -0.552. The fourth-order valence-electron chi connectivity index (χ4n) is 2.44. The van der Waals surface area contributed by atoms with Crippen molar-refractivity contribution in [1.29, 1.82) is 0 Å². The summed E-state index contributed by atoms with van der Waals surface area (Å²) in [5, 5.41) is 3.06. The summed E-state index contributed by atoms with van der Waals surface area (Å²) < 4.78 is 0. The fourth-order valence-corrected chi connectivity index (χ4v) is 2.44. The van der Waals surface area contributed by atoms with Crippen LogP contribution in [0, 0.1) is 5.92 Å². The quantitative estimate of drug-likeness (QED) is 0.837. The Hall–Kier alpha value is -1.35. The third-order valence-corrected chi connectivity index (χ3v) is 3.63. The van der Waals surface area contributed by atoms with Gasteiger partial charge in [-0.1, -0.05) is 43.7 Å². The van der Waals surface area contributed by atoms with Crippen molar-refractivity contribution in [2.45, 2.75) is 38.3 Å². The number of rotatable bonds is 3. The molecule has 0 aliphatic heterocycles. The predicted molar refractivity (Wildman–Crippen MR) is 68.3 cm³/mol. The second-order valence-electron chi connectivity index (χ2n) is 4.91. The Balaban J connectivity index is 1.96. The van der Waals surface area contributed by atoms with Crippen LogP contribution in [0.2, 0.25) is 0 Å². The Morgan fingerprint density at radius 3 is 2.65 bits per heavy atom. The summed E-state index contributed by atoms with van der Waals surface area (Å²) in [4.78, 5) is 12.0. The second kappa shape index (κ2) is 5.32. The van der Waals surface area contributed by atoms with Gasteiger partial charge in [0, 0.05) is 6.04 Å². The molecule has 3 atom stereocenters. The SMILES string of the molecule is CC1CCCC1NC(=O)[C@@H](N)c1ccccc1. The van der Waals surface area contributed by atoms with Gasteiger partial charge in [0.25, 0.3) is 0 Å². The number of benzene rings is 1. The fraction of sp³-hybridized carbons (Fsp3) is 0.500. The van der Waals surface area contributed by atoms with Crippen molar-refractivity contribution in [2.24, 2.45) is 11.7 Å². The van der Waals surface area contributed by atoms with Crippen molar-refractivity contribution in [3.05, 3.63) is 35.9 Å². The monoisotopic (exact) mass is 232 g/mol. The summed E-state index contributed by atoms with van der Waals surface area (Å²) in [7, 11) is 0. The Morgan fingerprint density at radius 2 is 2.06 bits per heavy atom. The van der Waals surface area contributed by atoms with Gasteiger partial charge in [-0.25, -0.2) is 0 Å². The molecule has 1 aliphatic rings. The highest BCUT2D eigenvalue weighted by atomic mass is 16.2. The van der Waals surface area contributed by atoms with Crippen LogP contribution in [0.15, 0.2) is 30.3 Å². The van der Waals surface area contributed by atoms with E-state index in [-0.39, 0.29) is 5.91 Å². The Morgan fingerprint density at radius 1 is 1.35 bits per heavy atom. The summed E-state index contributed by atoms with van der Waals surface area (Å²) in [6, 6.07) is 9.26. The highest BCUT2D eigenvalue weighted by Gasteiger charge is 2.26. The third kappa shape index (κ3) is 2.86. The number of nitrogens with one attached hydrogen (secondary N) is 1. The summed E-state index contributed by atoms with van der Waals surface area (Å²) in [6.07, 6.45) is 3.48. The third-order valence-electron chi connectivity index (χ3n) is 3.63. The zero-order valence-corrected chi connectivity index (χ0v) is 10.2. The molecule has 1 saturated carbocycles. The van der Waals surface area contributed by atoms with Crippen molar-refractivity contribution in [3.8, 4) is 0 Å². The molecule has 0 aromatic heterocycles. The lowest BCUT2D eigenvalue weighted by Gasteiger charge is -2.20. The molecule has 3 nitrogen and oxygen atoms in total. The minimum absolute atomic E-state index is 0.0602. The van der Waals surface area contributed by atoms with Gasteiger partial charge in [-0.05, 0) is 24.3 Å². The van der Waals surface area contributed by atoms with Gasteiger partial charge in [0.2, 0.25) is 5.91 Å². The standard InChI is InChI=1S/C14H20N2O/c1-10-6-5-9-12(10)16-14(17)13(15)11-7-3-2-4-8-11/h2-4,7-8,10,12-13H,5-6,9,15H2,1H3,(H,16,17)/t10?,12?,13-/m0/s1. The Bertz CT molecular complexity index is 377. The van der Waals surface area contributed by atoms with Crippen LogP contribution >= 0.6 is 0 Å². The number of carbonyl (C=O) groups is 1. The number of hydrogen-bond donors (Lipinski definition) is 2. The van der Waals surface area contributed by atoms with Gasteiger partial charge in [-0.2, -0.15) is 0 Å². The summed E-state index contributed by atoms with van der Waals surface area (Å²) >= 11 is 0. The average Bonchev–Trinajstić information content (AvgIpc) is 2.75. The molecule has 2 rings (SSSR count). The topological polar surface area (TPSA) is 55.1 Å². The zero-order valence-electron chi connectivity index (χ0n) is 10.2. The first-order chi connectivity index (χ1) is 8.18. The first-order valence-electron chi connectivity index (χ1n) is 6.29. The molecular formula is C14H20N2O. The second-order valence-corrected chi connectivity index (χ2v) is 4.91. The molecule has 3 N–H and O–H groups in total. The number of nitrogens with two attached hydrogens (primary N) is 1. The van der Waals surface area contributed by atoms with Crippen molar-refractivity contribution < 1.29 is 4.79 Å². The Kier molecular flexibility index (Phi) is 3.79. The molecule has 1 aromatic rings. The first-order valence-corrected chi connectivity index (χ1v) is 6.29. The van der Waals surface area contributed by atoms with Crippen LogP contribution in [0.4, 0.5) is 0 Å². The lowest BCUT2D eigenvalue weighted by atomic mass is 10.0. The molecule has 0 heterocycles. The van der Waals surface area contributed by atoms with Crippen molar-refractivity contribution in [1.82, 2.24) is 5.32 Å². The maximum absolute atomic E-state index is 12.0. The van der Waals surface area contributed by atoms with Crippen LogP contribution in [-0.4, -0.2) is 11.9 Å². The summed E-state index contributed by atoms with van der Waals surface area (Å²) in [5.41, 5.74) is 6.82. The van der Waals surface area contributed by atoms with Gasteiger partial charge in [0.05, 0.1) is 0 Å². The summed E-state index contributed by atoms with van der Waals surface area (Å²) in [6.45, 7) is 2.19. The van der Waals surface area contributed by atoms with Crippen LogP contribution in [0.5, 0.6) is 0 Å². The minimum Gasteiger partial charge on any atom is -0.351 e. The number of amides is 1. The molecule has 0 saturated heterocycles. The van der Waals surface area contributed by atoms with Crippen molar-refractivity contribution in [3.63, 3.8) is 0 Å². The van der Waals surface area contributed by atoms with E-state index in [4.69, 9.17) is 5.73 Å². The molecular weight excluding hydrogens is 212 g/mol. The van der Waals surface area contributed by atoms with E-state index >= 15 is 0 Å². The van der Waals surface area contributed by atoms with Gasteiger partial charge >= 0.3 is 0 Å². The maximum Gasteiger partial charge on any atom is 0.241 e. The number of carbonyl (C=O) groups excluding carboxylic acids is 1. The molecule has 92 valence electrons. The molecule has 0 radical (unpaired) electrons. The smallest absolute Gasteiger partial charge is 0.241 e. The lowest BCUT2D eigenvalue weighted by molar-refractivity contribution is -0.123. The van der Waals surface area contributed by atoms with Crippen LogP contribution in [0.25, 0.3) is 0 Å². The van der Waals surface area contributed by atoms with E-state index in [2.05, 4.69) is 12.2 Å². The molecule has 0 bridgehead atoms. The molecule has 2 unspecified atom stereocenters. The predicted octanol–water partition coefficient (Wildman–Crippen LogP) is 1.99. The van der Waals surface area contributed by atoms with E-state index in [0.717, 1.165) is 12.0 Å². The van der Waals surface area contributed by atoms with Gasteiger partial charge < -0.3 is 11.1 Å². The highest BCUT2D eigenvalue weighted by molar-refractivity contribution is 5.83. The molecule has 3 heteroatoms. The van der Waals surface area contributed by atoms with E-state index < -0.39 is 6.04 Å². The van der Waals surface area contributed by atoms with E-state index in [9.17, 15) is 4.79 Å². The van der Waals surface area contributed by atoms with E-state index in [1.54, 1.807) is 0 Å². The highest BCUT2D eigenvalue weighted by Crippen LogP contribution is 2.25. The molecule has 0 spiro atoms. The molecule has 1 amide bonds. The molecule has 1 fully saturated rings.